The Hall–Kier alpha value is -1.98. The van der Waals surface area contributed by atoms with E-state index >= 15 is 0 Å². The Balaban J connectivity index is 1.62. The third-order valence-electron chi connectivity index (χ3n) is 4.19. The van der Waals surface area contributed by atoms with Crippen LogP contribution in [0.25, 0.3) is 0 Å². The topological polar surface area (TPSA) is 61.7 Å². The van der Waals surface area contributed by atoms with Crippen molar-refractivity contribution in [1.82, 2.24) is 20.1 Å². The molecule has 1 unspecified atom stereocenters. The molecule has 2 N–H and O–H groups in total. The minimum absolute atomic E-state index is 0.242. The minimum Gasteiger partial charge on any atom is -0.356 e. The normalized spacial score (nSPS) is 18.8. The second-order valence-electron chi connectivity index (χ2n) is 6.18. The molecule has 2 rings (SSSR count). The summed E-state index contributed by atoms with van der Waals surface area (Å²) in [5.41, 5.74) is 0. The van der Waals surface area contributed by atoms with E-state index in [-0.39, 0.29) is 5.91 Å². The van der Waals surface area contributed by atoms with Gasteiger partial charge in [0.2, 0.25) is 5.91 Å². The van der Waals surface area contributed by atoms with Crippen molar-refractivity contribution in [2.45, 2.75) is 32.7 Å². The fourth-order valence-corrected chi connectivity index (χ4v) is 2.91. The molecule has 1 aromatic heterocycles. The molecule has 1 aliphatic heterocycles. The number of guanidine groups is 1. The van der Waals surface area contributed by atoms with Crippen LogP contribution in [-0.2, 0) is 11.3 Å². The van der Waals surface area contributed by atoms with E-state index in [0.717, 1.165) is 38.6 Å². The van der Waals surface area contributed by atoms with Crippen LogP contribution in [0, 0.1) is 5.92 Å². The van der Waals surface area contributed by atoms with E-state index in [2.05, 4.69) is 27.1 Å². The second-order valence-corrected chi connectivity index (χ2v) is 6.18. The summed E-state index contributed by atoms with van der Waals surface area (Å²) in [6, 6.07) is 4.03. The van der Waals surface area contributed by atoms with Gasteiger partial charge in [-0.3, -0.25) is 9.79 Å². The summed E-state index contributed by atoms with van der Waals surface area (Å²) in [4.78, 5) is 18.4. The van der Waals surface area contributed by atoms with Gasteiger partial charge in [0, 0.05) is 58.6 Å². The molecule has 0 aromatic carbocycles. The van der Waals surface area contributed by atoms with E-state index in [9.17, 15) is 4.79 Å². The van der Waals surface area contributed by atoms with Crippen LogP contribution in [0.3, 0.4) is 0 Å². The zero-order valence-corrected chi connectivity index (χ0v) is 14.3. The van der Waals surface area contributed by atoms with Gasteiger partial charge in [-0.15, -0.1) is 0 Å². The SMILES string of the molecule is CN=C(NCCC(=O)N1CCCC(C)C1)NCCn1cccc1. The number of hydrogen-bond acceptors (Lipinski definition) is 2. The maximum atomic E-state index is 12.2. The quantitative estimate of drug-likeness (QED) is 0.614. The summed E-state index contributed by atoms with van der Waals surface area (Å²) in [5.74, 6) is 1.62. The van der Waals surface area contributed by atoms with Crippen molar-refractivity contribution in [2.75, 3.05) is 33.2 Å². The first kappa shape index (κ1) is 17.4. The highest BCUT2D eigenvalue weighted by atomic mass is 16.2. The van der Waals surface area contributed by atoms with Crippen molar-refractivity contribution in [1.29, 1.82) is 0 Å². The van der Waals surface area contributed by atoms with Gasteiger partial charge < -0.3 is 20.1 Å². The van der Waals surface area contributed by atoms with Crippen LogP contribution >= 0.6 is 0 Å². The van der Waals surface area contributed by atoms with E-state index in [1.54, 1.807) is 7.05 Å². The Morgan fingerprint density at radius 2 is 2.00 bits per heavy atom. The lowest BCUT2D eigenvalue weighted by Gasteiger charge is -2.31. The number of hydrogen-bond donors (Lipinski definition) is 2. The predicted molar refractivity (Wildman–Crippen MR) is 93.4 cm³/mol. The van der Waals surface area contributed by atoms with Gasteiger partial charge in [-0.1, -0.05) is 6.92 Å². The van der Waals surface area contributed by atoms with Crippen molar-refractivity contribution in [3.05, 3.63) is 24.5 Å². The molecule has 23 heavy (non-hydrogen) atoms. The standard InChI is InChI=1S/C17H29N5O/c1-15-6-5-12-22(14-15)16(23)7-8-19-17(18-2)20-9-13-21-10-3-4-11-21/h3-4,10-11,15H,5-9,12-14H2,1-2H3,(H2,18,19,20). The van der Waals surface area contributed by atoms with Crippen LogP contribution in [0.5, 0.6) is 0 Å². The molecule has 128 valence electrons. The first-order valence-electron chi connectivity index (χ1n) is 8.52. The molecule has 0 bridgehead atoms. The average molecular weight is 319 g/mol. The lowest BCUT2D eigenvalue weighted by molar-refractivity contribution is -0.132. The van der Waals surface area contributed by atoms with Gasteiger partial charge in [0.1, 0.15) is 0 Å². The van der Waals surface area contributed by atoms with Gasteiger partial charge in [0.15, 0.2) is 5.96 Å². The Morgan fingerprint density at radius 3 is 2.70 bits per heavy atom. The van der Waals surface area contributed by atoms with Gasteiger partial charge >= 0.3 is 0 Å². The summed E-state index contributed by atoms with van der Waals surface area (Å²) >= 11 is 0. The van der Waals surface area contributed by atoms with Gasteiger partial charge in [0.05, 0.1) is 0 Å². The van der Waals surface area contributed by atoms with E-state index in [1.807, 2.05) is 29.4 Å². The monoisotopic (exact) mass is 319 g/mol. The fourth-order valence-electron chi connectivity index (χ4n) is 2.91. The average Bonchev–Trinajstić information content (AvgIpc) is 3.06. The van der Waals surface area contributed by atoms with Gasteiger partial charge in [-0.25, -0.2) is 0 Å². The lowest BCUT2D eigenvalue weighted by atomic mass is 10.00. The molecular formula is C17H29N5O. The number of aromatic nitrogens is 1. The maximum absolute atomic E-state index is 12.2. The number of amides is 1. The van der Waals surface area contributed by atoms with Gasteiger partial charge in [-0.2, -0.15) is 0 Å². The molecule has 1 amide bonds. The van der Waals surface area contributed by atoms with E-state index < -0.39 is 0 Å². The number of nitrogens with zero attached hydrogens (tertiary/aromatic N) is 3. The number of likely N-dealkylation sites (tertiary alicyclic amines) is 1. The van der Waals surface area contributed by atoms with Crippen molar-refractivity contribution in [3.8, 4) is 0 Å². The molecule has 1 aliphatic rings. The highest BCUT2D eigenvalue weighted by molar-refractivity contribution is 5.81. The highest BCUT2D eigenvalue weighted by Gasteiger charge is 2.20. The molecule has 1 aromatic rings. The first-order valence-corrected chi connectivity index (χ1v) is 8.52. The molecule has 1 saturated heterocycles. The zero-order chi connectivity index (χ0) is 16.5. The van der Waals surface area contributed by atoms with Crippen LogP contribution in [0.1, 0.15) is 26.2 Å². The third kappa shape index (κ3) is 5.96. The first-order chi connectivity index (χ1) is 11.2. The van der Waals surface area contributed by atoms with Gasteiger partial charge in [0.25, 0.3) is 0 Å². The van der Waals surface area contributed by atoms with E-state index in [0.29, 0.717) is 18.9 Å². The van der Waals surface area contributed by atoms with Crippen molar-refractivity contribution in [3.63, 3.8) is 0 Å². The largest absolute Gasteiger partial charge is 0.356 e. The molecule has 0 radical (unpaired) electrons. The number of carbonyl (C=O) groups is 1. The molecule has 1 fully saturated rings. The predicted octanol–water partition coefficient (Wildman–Crippen LogP) is 1.30. The Bertz CT molecular complexity index is 497. The molecule has 2 heterocycles. The van der Waals surface area contributed by atoms with Crippen LogP contribution in [0.4, 0.5) is 0 Å². The number of nitrogens with one attached hydrogen (secondary N) is 2. The van der Waals surface area contributed by atoms with Crippen LogP contribution < -0.4 is 10.6 Å². The molecule has 6 nitrogen and oxygen atoms in total. The van der Waals surface area contributed by atoms with E-state index in [4.69, 9.17) is 0 Å². The molecule has 1 atom stereocenters. The Morgan fingerprint density at radius 1 is 1.26 bits per heavy atom. The molecule has 6 heteroatoms. The fraction of sp³-hybridized carbons (Fsp3) is 0.647. The number of piperidine rings is 1. The Kier molecular flexibility index (Phi) is 6.97. The maximum Gasteiger partial charge on any atom is 0.224 e. The summed E-state index contributed by atoms with van der Waals surface area (Å²) in [5, 5.41) is 6.47. The van der Waals surface area contributed by atoms with E-state index in [1.165, 1.54) is 6.42 Å². The highest BCUT2D eigenvalue weighted by Crippen LogP contribution is 2.15. The van der Waals surface area contributed by atoms with Crippen molar-refractivity contribution < 1.29 is 4.79 Å². The van der Waals surface area contributed by atoms with Crippen molar-refractivity contribution >= 4 is 11.9 Å². The summed E-state index contributed by atoms with van der Waals surface area (Å²) in [6.07, 6.45) is 6.96. The van der Waals surface area contributed by atoms with Crippen LogP contribution in [-0.4, -0.2) is 54.6 Å². The lowest BCUT2D eigenvalue weighted by Crippen LogP contribution is -2.43. The summed E-state index contributed by atoms with van der Waals surface area (Å²) in [6.45, 7) is 6.33. The van der Waals surface area contributed by atoms with Crippen molar-refractivity contribution in [2.24, 2.45) is 10.9 Å². The van der Waals surface area contributed by atoms with Crippen LogP contribution in [0.15, 0.2) is 29.5 Å². The Labute approximate surface area is 139 Å². The molecule has 0 spiro atoms. The zero-order valence-electron chi connectivity index (χ0n) is 14.3. The van der Waals surface area contributed by atoms with Crippen LogP contribution in [0.2, 0.25) is 0 Å². The molecule has 0 saturated carbocycles. The summed E-state index contributed by atoms with van der Waals surface area (Å²) < 4.78 is 2.11. The number of aliphatic imine (C=N–C) groups is 1. The number of carbonyl (C=O) groups excluding carboxylic acids is 1. The minimum atomic E-state index is 0.242. The molecular weight excluding hydrogens is 290 g/mol. The third-order valence-corrected chi connectivity index (χ3v) is 4.19. The number of rotatable bonds is 6. The van der Waals surface area contributed by atoms with Gasteiger partial charge in [-0.05, 0) is 30.9 Å². The molecule has 0 aliphatic carbocycles. The second kappa shape index (κ2) is 9.22. The summed E-state index contributed by atoms with van der Waals surface area (Å²) in [7, 11) is 1.75. The smallest absolute Gasteiger partial charge is 0.224 e.